The van der Waals surface area contributed by atoms with Crippen molar-refractivity contribution < 1.29 is 4.74 Å². The number of ether oxygens (including phenoxy) is 1. The Balaban J connectivity index is 2.08. The van der Waals surface area contributed by atoms with Crippen molar-refractivity contribution in [2.75, 3.05) is 12.3 Å². The summed E-state index contributed by atoms with van der Waals surface area (Å²) in [6, 6.07) is 1.79. The van der Waals surface area contributed by atoms with Gasteiger partial charge in [0.25, 0.3) is 0 Å². The lowest BCUT2D eigenvalue weighted by molar-refractivity contribution is -0.0393. The smallest absolute Gasteiger partial charge is 0.150 e. The van der Waals surface area contributed by atoms with Crippen molar-refractivity contribution in [1.29, 1.82) is 0 Å². The van der Waals surface area contributed by atoms with Gasteiger partial charge in [0.2, 0.25) is 0 Å². The molecule has 0 unspecified atom stereocenters. The minimum Gasteiger partial charge on any atom is -0.382 e. The van der Waals surface area contributed by atoms with Crippen LogP contribution in [0.15, 0.2) is 12.3 Å². The van der Waals surface area contributed by atoms with Gasteiger partial charge in [0.1, 0.15) is 12.0 Å². The van der Waals surface area contributed by atoms with Crippen molar-refractivity contribution in [2.24, 2.45) is 0 Å². The maximum absolute atomic E-state index is 5.52. The maximum Gasteiger partial charge on any atom is 0.150 e. The summed E-state index contributed by atoms with van der Waals surface area (Å²) in [5.41, 5.74) is 5.50. The molecule has 66 valence electrons. The van der Waals surface area contributed by atoms with Gasteiger partial charge in [0.05, 0.1) is 0 Å². The average molecular weight is 167 g/mol. The highest BCUT2D eigenvalue weighted by Gasteiger charge is 2.15. The van der Waals surface area contributed by atoms with Gasteiger partial charge in [0.15, 0.2) is 0 Å². The molecule has 4 nitrogen and oxygen atoms in total. The van der Waals surface area contributed by atoms with Crippen LogP contribution >= 0.6 is 0 Å². The summed E-state index contributed by atoms with van der Waals surface area (Å²) in [5, 5.41) is 4.10. The average Bonchev–Trinajstić information content (AvgIpc) is 2.54. The molecule has 2 N–H and O–H groups in total. The molecule has 2 heterocycles. The molecule has 0 spiro atoms. The van der Waals surface area contributed by atoms with E-state index >= 15 is 0 Å². The molecule has 0 aromatic carbocycles. The summed E-state index contributed by atoms with van der Waals surface area (Å²) >= 11 is 0. The minimum atomic E-state index is 0.107. The highest BCUT2D eigenvalue weighted by Crippen LogP contribution is 2.21. The summed E-state index contributed by atoms with van der Waals surface area (Å²) in [4.78, 5) is 0. The molecule has 1 aromatic rings. The summed E-state index contributed by atoms with van der Waals surface area (Å²) in [6.07, 6.45) is 5.39. The molecule has 4 heteroatoms. The van der Waals surface area contributed by atoms with Gasteiger partial charge in [0, 0.05) is 18.9 Å². The number of nitrogens with two attached hydrogens (primary N) is 1. The van der Waals surface area contributed by atoms with E-state index in [1.54, 1.807) is 10.7 Å². The van der Waals surface area contributed by atoms with Gasteiger partial charge in [-0.1, -0.05) is 0 Å². The molecule has 1 aliphatic heterocycles. The zero-order chi connectivity index (χ0) is 8.39. The lowest BCUT2D eigenvalue weighted by atomic mass is 10.2. The largest absolute Gasteiger partial charge is 0.382 e. The molecule has 0 bridgehead atoms. The fourth-order valence-electron chi connectivity index (χ4n) is 1.45. The van der Waals surface area contributed by atoms with E-state index in [4.69, 9.17) is 10.5 Å². The van der Waals surface area contributed by atoms with Gasteiger partial charge in [-0.15, -0.1) is 0 Å². The predicted molar refractivity (Wildman–Crippen MR) is 45.5 cm³/mol. The molecule has 1 saturated heterocycles. The molecule has 1 aromatic heterocycles. The van der Waals surface area contributed by atoms with E-state index in [2.05, 4.69) is 5.10 Å². The second-order valence-electron chi connectivity index (χ2n) is 3.04. The number of aromatic nitrogens is 2. The summed E-state index contributed by atoms with van der Waals surface area (Å²) in [5.74, 6) is 0.559. The highest BCUT2D eigenvalue weighted by molar-refractivity contribution is 5.23. The van der Waals surface area contributed by atoms with E-state index in [0.717, 1.165) is 19.4 Å². The van der Waals surface area contributed by atoms with Gasteiger partial charge in [-0.05, 0) is 19.3 Å². The van der Waals surface area contributed by atoms with Crippen LogP contribution in [0, 0.1) is 0 Å². The first-order valence-corrected chi connectivity index (χ1v) is 4.28. The second kappa shape index (κ2) is 3.15. The molecule has 12 heavy (non-hydrogen) atoms. The van der Waals surface area contributed by atoms with Crippen molar-refractivity contribution in [3.05, 3.63) is 12.3 Å². The Morgan fingerprint density at radius 1 is 1.58 bits per heavy atom. The van der Waals surface area contributed by atoms with Gasteiger partial charge in [-0.2, -0.15) is 5.10 Å². The number of nitrogen functional groups attached to an aromatic ring is 1. The monoisotopic (exact) mass is 167 g/mol. The summed E-state index contributed by atoms with van der Waals surface area (Å²) < 4.78 is 7.32. The number of hydrogen-bond acceptors (Lipinski definition) is 3. The molecule has 1 aliphatic rings. The van der Waals surface area contributed by atoms with Crippen molar-refractivity contribution in [3.8, 4) is 0 Å². The fraction of sp³-hybridized carbons (Fsp3) is 0.625. The van der Waals surface area contributed by atoms with Gasteiger partial charge in [-0.25, -0.2) is 4.68 Å². The normalized spacial score (nSPS) is 24.2. The number of anilines is 1. The van der Waals surface area contributed by atoms with Crippen molar-refractivity contribution >= 4 is 5.82 Å². The van der Waals surface area contributed by atoms with Crippen LogP contribution < -0.4 is 5.73 Å². The quantitative estimate of drug-likeness (QED) is 0.683. The first-order chi connectivity index (χ1) is 5.86. The first kappa shape index (κ1) is 7.61. The minimum absolute atomic E-state index is 0.107. The highest BCUT2D eigenvalue weighted by atomic mass is 16.5. The van der Waals surface area contributed by atoms with Crippen LogP contribution in [0.4, 0.5) is 5.82 Å². The van der Waals surface area contributed by atoms with Crippen molar-refractivity contribution in [1.82, 2.24) is 9.78 Å². The molecular weight excluding hydrogens is 154 g/mol. The van der Waals surface area contributed by atoms with E-state index in [9.17, 15) is 0 Å². The summed E-state index contributed by atoms with van der Waals surface area (Å²) in [6.45, 7) is 0.838. The zero-order valence-corrected chi connectivity index (χ0v) is 6.94. The molecule has 1 atom stereocenters. The van der Waals surface area contributed by atoms with Gasteiger partial charge < -0.3 is 10.5 Å². The van der Waals surface area contributed by atoms with Gasteiger partial charge in [-0.3, -0.25) is 0 Å². The number of nitrogens with zero attached hydrogens (tertiary/aromatic N) is 2. The molecule has 0 saturated carbocycles. The van der Waals surface area contributed by atoms with Crippen LogP contribution in [0.25, 0.3) is 0 Å². The van der Waals surface area contributed by atoms with Crippen LogP contribution in [0.3, 0.4) is 0 Å². The van der Waals surface area contributed by atoms with Crippen LogP contribution in [-0.2, 0) is 4.74 Å². The lowest BCUT2D eigenvalue weighted by Crippen LogP contribution is -2.18. The first-order valence-electron chi connectivity index (χ1n) is 4.28. The van der Waals surface area contributed by atoms with E-state index in [1.165, 1.54) is 6.42 Å². The Labute approximate surface area is 71.3 Å². The standard InChI is InChI=1S/C8H13N3O/c9-7-4-5-11(10-7)8-3-1-2-6-12-8/h4-5,8H,1-3,6H2,(H2,9,10)/t8-/m0/s1. The topological polar surface area (TPSA) is 53.1 Å². The summed E-state index contributed by atoms with van der Waals surface area (Å²) in [7, 11) is 0. The Hall–Kier alpha value is -1.03. The SMILES string of the molecule is Nc1ccn([C@@H]2CCCCO2)n1. The molecule has 1 fully saturated rings. The second-order valence-corrected chi connectivity index (χ2v) is 3.04. The van der Waals surface area contributed by atoms with Gasteiger partial charge >= 0.3 is 0 Å². The molecule has 0 aliphatic carbocycles. The Morgan fingerprint density at radius 3 is 3.08 bits per heavy atom. The lowest BCUT2D eigenvalue weighted by Gasteiger charge is -2.22. The number of rotatable bonds is 1. The molecule has 0 amide bonds. The third-order valence-corrected chi connectivity index (χ3v) is 2.08. The van der Waals surface area contributed by atoms with Crippen LogP contribution in [0.2, 0.25) is 0 Å². The predicted octanol–water partition coefficient (Wildman–Crippen LogP) is 1.16. The van der Waals surface area contributed by atoms with E-state index in [0.29, 0.717) is 5.82 Å². The van der Waals surface area contributed by atoms with E-state index in [-0.39, 0.29) is 6.23 Å². The zero-order valence-electron chi connectivity index (χ0n) is 6.94. The van der Waals surface area contributed by atoms with Crippen LogP contribution in [-0.4, -0.2) is 16.4 Å². The third-order valence-electron chi connectivity index (χ3n) is 2.08. The molecule has 0 radical (unpaired) electrons. The van der Waals surface area contributed by atoms with Crippen molar-refractivity contribution in [3.63, 3.8) is 0 Å². The van der Waals surface area contributed by atoms with E-state index < -0.39 is 0 Å². The Morgan fingerprint density at radius 2 is 2.50 bits per heavy atom. The fourth-order valence-corrected chi connectivity index (χ4v) is 1.45. The van der Waals surface area contributed by atoms with Crippen molar-refractivity contribution in [2.45, 2.75) is 25.5 Å². The van der Waals surface area contributed by atoms with Crippen LogP contribution in [0.1, 0.15) is 25.5 Å². The Bertz CT molecular complexity index is 253. The third kappa shape index (κ3) is 1.43. The molecular formula is C8H13N3O. The Kier molecular flexibility index (Phi) is 1.99. The molecule has 2 rings (SSSR count). The number of hydrogen-bond donors (Lipinski definition) is 1. The van der Waals surface area contributed by atoms with Crippen LogP contribution in [0.5, 0.6) is 0 Å². The van der Waals surface area contributed by atoms with E-state index in [1.807, 2.05) is 6.20 Å². The maximum atomic E-state index is 5.52.